The molecule has 1 unspecified atom stereocenters. The minimum atomic E-state index is -0.417. The highest BCUT2D eigenvalue weighted by molar-refractivity contribution is 5.68. The number of carbonyl (C=O) groups excluding carboxylic acids is 1. The highest BCUT2D eigenvalue weighted by atomic mass is 16.6. The second kappa shape index (κ2) is 7.13. The second-order valence-corrected chi connectivity index (χ2v) is 6.72. The average molecular weight is 270 g/mol. The van der Waals surface area contributed by atoms with Crippen LogP contribution in [0.4, 0.5) is 4.79 Å². The highest BCUT2D eigenvalue weighted by Gasteiger charge is 2.31. The molecule has 0 radical (unpaired) electrons. The molecule has 0 heterocycles. The van der Waals surface area contributed by atoms with Crippen LogP contribution in [0.15, 0.2) is 0 Å². The van der Waals surface area contributed by atoms with Crippen LogP contribution >= 0.6 is 0 Å². The molecule has 4 nitrogen and oxygen atoms in total. The molecular formula is C15H30N2O2. The number of carbonyl (C=O) groups is 1. The standard InChI is InChI=1S/C15H30N2O2/c1-6-7-8-11(2)16-12-9-13(10-12)17-14(18)19-15(3,4)5/h11-13,16H,6-10H2,1-5H3,(H,17,18). The number of alkyl carbamates (subject to hydrolysis) is 1. The number of rotatable bonds is 6. The van der Waals surface area contributed by atoms with E-state index in [0.717, 1.165) is 12.8 Å². The Hall–Kier alpha value is -0.770. The highest BCUT2D eigenvalue weighted by Crippen LogP contribution is 2.21. The summed E-state index contributed by atoms with van der Waals surface area (Å²) >= 11 is 0. The quantitative estimate of drug-likeness (QED) is 0.779. The molecular weight excluding hydrogens is 240 g/mol. The van der Waals surface area contributed by atoms with Crippen LogP contribution in [0.3, 0.4) is 0 Å². The molecule has 1 fully saturated rings. The summed E-state index contributed by atoms with van der Waals surface area (Å²) in [6, 6.07) is 1.39. The molecule has 2 N–H and O–H groups in total. The van der Waals surface area contributed by atoms with Gasteiger partial charge in [-0.05, 0) is 47.0 Å². The van der Waals surface area contributed by atoms with E-state index in [1.54, 1.807) is 0 Å². The molecule has 0 spiro atoms. The number of ether oxygens (including phenoxy) is 1. The fourth-order valence-electron chi connectivity index (χ4n) is 2.34. The summed E-state index contributed by atoms with van der Waals surface area (Å²) < 4.78 is 5.24. The third-order valence-corrected chi connectivity index (χ3v) is 3.37. The lowest BCUT2D eigenvalue weighted by molar-refractivity contribution is 0.0463. The van der Waals surface area contributed by atoms with Gasteiger partial charge in [-0.3, -0.25) is 0 Å². The summed E-state index contributed by atoms with van der Waals surface area (Å²) in [4.78, 5) is 11.6. The third-order valence-electron chi connectivity index (χ3n) is 3.37. The molecule has 0 aromatic carbocycles. The average Bonchev–Trinajstić information content (AvgIpc) is 2.20. The maximum Gasteiger partial charge on any atom is 0.407 e. The van der Waals surface area contributed by atoms with Crippen LogP contribution in [0.2, 0.25) is 0 Å². The maximum atomic E-state index is 11.6. The summed E-state index contributed by atoms with van der Waals surface area (Å²) in [5.74, 6) is 0. The predicted octanol–water partition coefficient (Wildman–Crippen LogP) is 3.21. The lowest BCUT2D eigenvalue weighted by atomic mass is 9.86. The monoisotopic (exact) mass is 270 g/mol. The first-order valence-electron chi connectivity index (χ1n) is 7.55. The first-order chi connectivity index (χ1) is 8.80. The Morgan fingerprint density at radius 1 is 1.32 bits per heavy atom. The number of nitrogens with one attached hydrogen (secondary N) is 2. The van der Waals surface area contributed by atoms with Gasteiger partial charge in [-0.15, -0.1) is 0 Å². The van der Waals surface area contributed by atoms with Crippen LogP contribution < -0.4 is 10.6 Å². The summed E-state index contributed by atoms with van der Waals surface area (Å²) in [6.07, 6.45) is 5.48. The van der Waals surface area contributed by atoms with Crippen molar-refractivity contribution >= 4 is 6.09 Å². The van der Waals surface area contributed by atoms with Crippen molar-refractivity contribution in [1.29, 1.82) is 0 Å². The van der Waals surface area contributed by atoms with Gasteiger partial charge in [0.2, 0.25) is 0 Å². The molecule has 19 heavy (non-hydrogen) atoms. The molecule has 0 aromatic rings. The zero-order valence-corrected chi connectivity index (χ0v) is 13.1. The number of amides is 1. The molecule has 112 valence electrons. The summed E-state index contributed by atoms with van der Waals surface area (Å²) in [5.41, 5.74) is -0.417. The van der Waals surface area contributed by atoms with E-state index in [9.17, 15) is 4.79 Å². The molecule has 0 saturated heterocycles. The summed E-state index contributed by atoms with van der Waals surface area (Å²) in [5, 5.41) is 6.53. The van der Waals surface area contributed by atoms with E-state index < -0.39 is 5.60 Å². The first-order valence-corrected chi connectivity index (χ1v) is 7.55. The summed E-state index contributed by atoms with van der Waals surface area (Å²) in [7, 11) is 0. The van der Waals surface area contributed by atoms with Crippen molar-refractivity contribution in [3.63, 3.8) is 0 Å². The lowest BCUT2D eigenvalue weighted by Crippen LogP contribution is -2.54. The van der Waals surface area contributed by atoms with Crippen LogP contribution in [0.1, 0.15) is 66.7 Å². The molecule has 0 bridgehead atoms. The topological polar surface area (TPSA) is 50.4 Å². The van der Waals surface area contributed by atoms with Gasteiger partial charge in [-0.2, -0.15) is 0 Å². The van der Waals surface area contributed by atoms with Gasteiger partial charge >= 0.3 is 6.09 Å². The lowest BCUT2D eigenvalue weighted by Gasteiger charge is -2.38. The maximum absolute atomic E-state index is 11.6. The number of hydrogen-bond donors (Lipinski definition) is 2. The van der Waals surface area contributed by atoms with Gasteiger partial charge < -0.3 is 15.4 Å². The van der Waals surface area contributed by atoms with E-state index in [0.29, 0.717) is 12.1 Å². The zero-order valence-electron chi connectivity index (χ0n) is 13.1. The van der Waals surface area contributed by atoms with E-state index in [4.69, 9.17) is 4.74 Å². The smallest absolute Gasteiger partial charge is 0.407 e. The van der Waals surface area contributed by atoms with E-state index in [1.807, 2.05) is 20.8 Å². The van der Waals surface area contributed by atoms with Crippen molar-refractivity contribution in [2.75, 3.05) is 0 Å². The minimum Gasteiger partial charge on any atom is -0.444 e. The van der Waals surface area contributed by atoms with Gasteiger partial charge in [0, 0.05) is 18.1 Å². The Labute approximate surface area is 117 Å². The van der Waals surface area contributed by atoms with Gasteiger partial charge in [-0.25, -0.2) is 4.79 Å². The van der Waals surface area contributed by atoms with E-state index in [-0.39, 0.29) is 12.1 Å². The molecule has 1 aliphatic carbocycles. The number of hydrogen-bond acceptors (Lipinski definition) is 3. The number of unbranched alkanes of at least 4 members (excludes halogenated alkanes) is 1. The van der Waals surface area contributed by atoms with Crippen molar-refractivity contribution in [3.05, 3.63) is 0 Å². The minimum absolute atomic E-state index is 0.269. The van der Waals surface area contributed by atoms with Gasteiger partial charge in [0.25, 0.3) is 0 Å². The molecule has 0 aliphatic heterocycles. The molecule has 1 rings (SSSR count). The fourth-order valence-corrected chi connectivity index (χ4v) is 2.34. The predicted molar refractivity (Wildman–Crippen MR) is 78.3 cm³/mol. The Morgan fingerprint density at radius 3 is 2.47 bits per heavy atom. The van der Waals surface area contributed by atoms with Crippen molar-refractivity contribution < 1.29 is 9.53 Å². The Bertz CT molecular complexity index is 280. The van der Waals surface area contributed by atoms with Gasteiger partial charge in [0.1, 0.15) is 5.60 Å². The van der Waals surface area contributed by atoms with E-state index in [2.05, 4.69) is 24.5 Å². The fraction of sp³-hybridized carbons (Fsp3) is 0.933. The van der Waals surface area contributed by atoms with Crippen LogP contribution in [0, 0.1) is 0 Å². The van der Waals surface area contributed by atoms with Crippen LogP contribution in [-0.2, 0) is 4.74 Å². The third kappa shape index (κ3) is 6.81. The van der Waals surface area contributed by atoms with Crippen LogP contribution in [0.25, 0.3) is 0 Å². The Balaban J connectivity index is 2.11. The molecule has 0 aromatic heterocycles. The van der Waals surface area contributed by atoms with Gasteiger partial charge in [-0.1, -0.05) is 19.8 Å². The van der Waals surface area contributed by atoms with E-state index >= 15 is 0 Å². The van der Waals surface area contributed by atoms with Crippen molar-refractivity contribution in [1.82, 2.24) is 10.6 Å². The van der Waals surface area contributed by atoms with Crippen LogP contribution in [0.5, 0.6) is 0 Å². The van der Waals surface area contributed by atoms with Crippen molar-refractivity contribution in [2.24, 2.45) is 0 Å². The second-order valence-electron chi connectivity index (χ2n) is 6.72. The molecule has 1 aliphatic rings. The van der Waals surface area contributed by atoms with E-state index in [1.165, 1.54) is 19.3 Å². The molecule has 4 heteroatoms. The molecule has 1 amide bonds. The molecule has 1 saturated carbocycles. The summed E-state index contributed by atoms with van der Waals surface area (Å²) in [6.45, 7) is 10.1. The van der Waals surface area contributed by atoms with Gasteiger partial charge in [0.15, 0.2) is 0 Å². The van der Waals surface area contributed by atoms with Crippen LogP contribution in [-0.4, -0.2) is 29.8 Å². The van der Waals surface area contributed by atoms with Crippen molar-refractivity contribution in [3.8, 4) is 0 Å². The Kier molecular flexibility index (Phi) is 6.11. The molecule has 1 atom stereocenters. The zero-order chi connectivity index (χ0) is 14.5. The normalized spacial score (nSPS) is 24.5. The first kappa shape index (κ1) is 16.3. The largest absolute Gasteiger partial charge is 0.444 e. The van der Waals surface area contributed by atoms with Gasteiger partial charge in [0.05, 0.1) is 0 Å². The SMILES string of the molecule is CCCCC(C)NC1CC(NC(=O)OC(C)(C)C)C1. The van der Waals surface area contributed by atoms with Crippen molar-refractivity contribution in [2.45, 2.75) is 90.4 Å². The Morgan fingerprint density at radius 2 is 1.95 bits per heavy atom.